The van der Waals surface area contributed by atoms with Crippen LogP contribution in [0.3, 0.4) is 0 Å². The Morgan fingerprint density at radius 3 is 2.62 bits per heavy atom. The summed E-state index contributed by atoms with van der Waals surface area (Å²) in [5.74, 6) is 0.123. The summed E-state index contributed by atoms with van der Waals surface area (Å²) in [6, 6.07) is 5.01. The number of nitrogens with two attached hydrogens (primary N) is 1. The Bertz CT molecular complexity index is 501. The Morgan fingerprint density at radius 2 is 2.00 bits per heavy atom. The van der Waals surface area contributed by atoms with Crippen molar-refractivity contribution in [3.63, 3.8) is 0 Å². The van der Waals surface area contributed by atoms with E-state index < -0.39 is 5.91 Å². The Hall–Kier alpha value is -2.24. The largest absolute Gasteiger partial charge is 0.493 e. The first-order valence-electron chi connectivity index (χ1n) is 7.01. The third-order valence-corrected chi connectivity index (χ3v) is 2.70. The molecule has 4 N–H and O–H groups in total. The number of ether oxygens (including phenoxy) is 1. The zero-order chi connectivity index (χ0) is 15.8. The summed E-state index contributed by atoms with van der Waals surface area (Å²) in [5.41, 5.74) is 6.40. The van der Waals surface area contributed by atoms with Gasteiger partial charge in [-0.2, -0.15) is 0 Å². The molecule has 1 aromatic rings. The lowest BCUT2D eigenvalue weighted by Crippen LogP contribution is -2.38. The van der Waals surface area contributed by atoms with Gasteiger partial charge in [0, 0.05) is 12.2 Å². The van der Waals surface area contributed by atoms with Crippen molar-refractivity contribution in [1.82, 2.24) is 10.6 Å². The van der Waals surface area contributed by atoms with Crippen LogP contribution in [0.25, 0.3) is 0 Å². The summed E-state index contributed by atoms with van der Waals surface area (Å²) in [7, 11) is 0. The Kier molecular flexibility index (Phi) is 6.52. The van der Waals surface area contributed by atoms with E-state index in [1.165, 1.54) is 0 Å². The van der Waals surface area contributed by atoms with Gasteiger partial charge in [-0.3, -0.25) is 9.59 Å². The van der Waals surface area contributed by atoms with Gasteiger partial charge in [0.15, 0.2) is 0 Å². The predicted octanol–water partition coefficient (Wildman–Crippen LogP) is 1.17. The number of amides is 2. The lowest BCUT2D eigenvalue weighted by Gasteiger charge is -2.13. The van der Waals surface area contributed by atoms with Crippen molar-refractivity contribution in [1.29, 1.82) is 0 Å². The highest BCUT2D eigenvalue weighted by molar-refractivity contribution is 6.03. The molecule has 21 heavy (non-hydrogen) atoms. The second-order valence-corrected chi connectivity index (χ2v) is 5.03. The Morgan fingerprint density at radius 1 is 1.29 bits per heavy atom. The van der Waals surface area contributed by atoms with Crippen LogP contribution < -0.4 is 21.1 Å². The molecule has 0 fully saturated rings. The Balaban J connectivity index is 2.65. The van der Waals surface area contributed by atoms with Gasteiger partial charge in [-0.15, -0.1) is 0 Å². The van der Waals surface area contributed by atoms with Gasteiger partial charge >= 0.3 is 0 Å². The van der Waals surface area contributed by atoms with Gasteiger partial charge < -0.3 is 21.1 Å². The van der Waals surface area contributed by atoms with Crippen LogP contribution >= 0.6 is 0 Å². The molecule has 0 atom stereocenters. The van der Waals surface area contributed by atoms with Gasteiger partial charge in [0.25, 0.3) is 5.91 Å². The molecule has 0 radical (unpaired) electrons. The standard InChI is InChI=1S/C15H23N3O3/c1-4-21-12-7-5-6-11(16)14(12)15(20)18-9-13(19)17-8-10(2)3/h5-7,10H,4,8-9,16H2,1-3H3,(H,17,19)(H,18,20). The average Bonchev–Trinajstić information content (AvgIpc) is 2.43. The second-order valence-electron chi connectivity index (χ2n) is 5.03. The van der Waals surface area contributed by atoms with Gasteiger partial charge in [0.05, 0.1) is 13.2 Å². The SMILES string of the molecule is CCOc1cccc(N)c1C(=O)NCC(=O)NCC(C)C. The van der Waals surface area contributed by atoms with Crippen LogP contribution in [0.5, 0.6) is 5.75 Å². The van der Waals surface area contributed by atoms with E-state index in [0.717, 1.165) is 0 Å². The van der Waals surface area contributed by atoms with E-state index in [4.69, 9.17) is 10.5 Å². The monoisotopic (exact) mass is 293 g/mol. The molecule has 0 bridgehead atoms. The van der Waals surface area contributed by atoms with Crippen molar-refractivity contribution in [2.24, 2.45) is 5.92 Å². The summed E-state index contributed by atoms with van der Waals surface area (Å²) in [4.78, 5) is 23.7. The number of carbonyl (C=O) groups is 2. The first-order chi connectivity index (χ1) is 9.95. The average molecular weight is 293 g/mol. The van der Waals surface area contributed by atoms with E-state index in [9.17, 15) is 9.59 Å². The molecule has 0 saturated heterocycles. The zero-order valence-electron chi connectivity index (χ0n) is 12.7. The molecule has 0 aliphatic carbocycles. The molecule has 0 heterocycles. The molecular formula is C15H23N3O3. The molecule has 0 aliphatic rings. The van der Waals surface area contributed by atoms with E-state index in [1.54, 1.807) is 18.2 Å². The molecule has 0 aromatic heterocycles. The maximum atomic E-state index is 12.2. The van der Waals surface area contributed by atoms with Crippen LogP contribution in [0.4, 0.5) is 5.69 Å². The summed E-state index contributed by atoms with van der Waals surface area (Å²) in [6.45, 7) is 6.73. The number of carbonyl (C=O) groups excluding carboxylic acids is 2. The third kappa shape index (κ3) is 5.33. The van der Waals surface area contributed by atoms with Crippen molar-refractivity contribution in [2.75, 3.05) is 25.4 Å². The third-order valence-electron chi connectivity index (χ3n) is 2.70. The minimum atomic E-state index is -0.420. The fourth-order valence-electron chi connectivity index (χ4n) is 1.70. The zero-order valence-corrected chi connectivity index (χ0v) is 12.7. The number of anilines is 1. The molecule has 0 unspecified atom stereocenters. The fourth-order valence-corrected chi connectivity index (χ4v) is 1.70. The van der Waals surface area contributed by atoms with Crippen LogP contribution in [-0.2, 0) is 4.79 Å². The molecule has 0 aliphatic heterocycles. The minimum absolute atomic E-state index is 0.0918. The molecule has 116 valence electrons. The number of hydrogen-bond acceptors (Lipinski definition) is 4. The van der Waals surface area contributed by atoms with Gasteiger partial charge in [-0.1, -0.05) is 19.9 Å². The first kappa shape index (κ1) is 16.8. The van der Waals surface area contributed by atoms with E-state index in [2.05, 4.69) is 10.6 Å². The smallest absolute Gasteiger partial charge is 0.257 e. The van der Waals surface area contributed by atoms with E-state index in [0.29, 0.717) is 30.5 Å². The van der Waals surface area contributed by atoms with E-state index in [-0.39, 0.29) is 18.0 Å². The van der Waals surface area contributed by atoms with Crippen LogP contribution in [0, 0.1) is 5.92 Å². The maximum absolute atomic E-state index is 12.2. The highest BCUT2D eigenvalue weighted by Gasteiger charge is 2.16. The van der Waals surface area contributed by atoms with E-state index >= 15 is 0 Å². The number of nitrogens with one attached hydrogen (secondary N) is 2. The normalized spacial score (nSPS) is 10.3. The van der Waals surface area contributed by atoms with Crippen LogP contribution in [0.15, 0.2) is 18.2 Å². The predicted molar refractivity (Wildman–Crippen MR) is 82.2 cm³/mol. The van der Waals surface area contributed by atoms with Crippen LogP contribution in [-0.4, -0.2) is 31.5 Å². The van der Waals surface area contributed by atoms with Crippen LogP contribution in [0.1, 0.15) is 31.1 Å². The van der Waals surface area contributed by atoms with Gasteiger partial charge in [-0.25, -0.2) is 0 Å². The van der Waals surface area contributed by atoms with Crippen molar-refractivity contribution in [3.8, 4) is 5.75 Å². The summed E-state index contributed by atoms with van der Waals surface area (Å²) < 4.78 is 5.38. The lowest BCUT2D eigenvalue weighted by molar-refractivity contribution is -0.120. The van der Waals surface area contributed by atoms with Crippen molar-refractivity contribution in [3.05, 3.63) is 23.8 Å². The minimum Gasteiger partial charge on any atom is -0.493 e. The van der Waals surface area contributed by atoms with E-state index in [1.807, 2.05) is 20.8 Å². The lowest BCUT2D eigenvalue weighted by atomic mass is 10.1. The van der Waals surface area contributed by atoms with Crippen molar-refractivity contribution < 1.29 is 14.3 Å². The summed E-state index contributed by atoms with van der Waals surface area (Å²) in [6.07, 6.45) is 0. The second kappa shape index (κ2) is 8.14. The number of hydrogen-bond donors (Lipinski definition) is 3. The topological polar surface area (TPSA) is 93.4 Å². The summed E-state index contributed by atoms with van der Waals surface area (Å²) >= 11 is 0. The van der Waals surface area contributed by atoms with Gasteiger partial charge in [0.1, 0.15) is 11.3 Å². The molecule has 1 aromatic carbocycles. The highest BCUT2D eigenvalue weighted by Crippen LogP contribution is 2.24. The summed E-state index contributed by atoms with van der Waals surface area (Å²) in [5, 5.41) is 5.28. The number of rotatable bonds is 7. The van der Waals surface area contributed by atoms with Gasteiger partial charge in [-0.05, 0) is 25.0 Å². The quantitative estimate of drug-likeness (QED) is 0.658. The molecule has 1 rings (SSSR count). The van der Waals surface area contributed by atoms with Crippen LogP contribution in [0.2, 0.25) is 0 Å². The number of benzene rings is 1. The van der Waals surface area contributed by atoms with Gasteiger partial charge in [0.2, 0.25) is 5.91 Å². The maximum Gasteiger partial charge on any atom is 0.257 e. The molecule has 6 heteroatoms. The number of nitrogen functional groups attached to an aromatic ring is 1. The molecule has 0 spiro atoms. The molecular weight excluding hydrogens is 270 g/mol. The molecule has 2 amide bonds. The Labute approximate surface area is 125 Å². The highest BCUT2D eigenvalue weighted by atomic mass is 16.5. The molecule has 0 saturated carbocycles. The van der Waals surface area contributed by atoms with Crippen molar-refractivity contribution in [2.45, 2.75) is 20.8 Å². The first-order valence-corrected chi connectivity index (χ1v) is 7.01. The van der Waals surface area contributed by atoms with Crippen molar-refractivity contribution >= 4 is 17.5 Å². The fraction of sp³-hybridized carbons (Fsp3) is 0.467. The molecule has 6 nitrogen and oxygen atoms in total.